The molecule has 0 radical (unpaired) electrons. The van der Waals surface area contributed by atoms with Crippen LogP contribution in [0.4, 0.5) is 0 Å². The molecule has 2 rings (SSSR count). The van der Waals surface area contributed by atoms with E-state index in [-0.39, 0.29) is 23.0 Å². The zero-order chi connectivity index (χ0) is 18.1. The average Bonchev–Trinajstić information content (AvgIpc) is 2.64. The zero-order valence-corrected chi connectivity index (χ0v) is 14.8. The third-order valence-corrected chi connectivity index (χ3v) is 3.96. The lowest BCUT2D eigenvalue weighted by Gasteiger charge is -2.13. The van der Waals surface area contributed by atoms with Gasteiger partial charge in [0.15, 0.2) is 5.78 Å². The molecule has 0 aromatic heterocycles. The highest BCUT2D eigenvalue weighted by atomic mass is 16.5. The van der Waals surface area contributed by atoms with Crippen molar-refractivity contribution in [3.05, 3.63) is 59.7 Å². The molecular formula is C22H24O3. The van der Waals surface area contributed by atoms with Crippen LogP contribution in [0.2, 0.25) is 0 Å². The number of carbonyl (C=O) groups excluding carboxylic acids is 1. The van der Waals surface area contributed by atoms with Crippen molar-refractivity contribution in [3.63, 3.8) is 0 Å². The van der Waals surface area contributed by atoms with Gasteiger partial charge in [0.1, 0.15) is 18.1 Å². The number of carbonyl (C=O) groups is 1. The topological polar surface area (TPSA) is 46.5 Å². The largest absolute Gasteiger partial charge is 0.507 e. The number of ketones is 1. The number of hydrogen-bond acceptors (Lipinski definition) is 3. The molecule has 0 saturated carbocycles. The van der Waals surface area contributed by atoms with Gasteiger partial charge in [-0.05, 0) is 25.5 Å². The fourth-order valence-corrected chi connectivity index (χ4v) is 2.59. The maximum Gasteiger partial charge on any atom is 0.196 e. The average molecular weight is 336 g/mol. The highest BCUT2D eigenvalue weighted by Gasteiger charge is 2.14. The van der Waals surface area contributed by atoms with Crippen LogP contribution in [0.1, 0.15) is 49.0 Å². The molecule has 0 spiro atoms. The third-order valence-electron chi connectivity index (χ3n) is 3.96. The number of rotatable bonds is 8. The van der Waals surface area contributed by atoms with Crippen molar-refractivity contribution in [1.82, 2.24) is 0 Å². The first-order valence-corrected chi connectivity index (χ1v) is 8.63. The van der Waals surface area contributed by atoms with Crippen molar-refractivity contribution < 1.29 is 14.6 Å². The minimum atomic E-state index is -0.206. The van der Waals surface area contributed by atoms with Crippen LogP contribution in [-0.2, 0) is 0 Å². The molecule has 25 heavy (non-hydrogen) atoms. The Morgan fingerprint density at radius 1 is 1.20 bits per heavy atom. The minimum Gasteiger partial charge on any atom is -0.507 e. The second kappa shape index (κ2) is 9.54. The molecule has 130 valence electrons. The lowest BCUT2D eigenvalue weighted by molar-refractivity contribution is 0.103. The summed E-state index contributed by atoms with van der Waals surface area (Å²) in [7, 11) is 0. The van der Waals surface area contributed by atoms with Gasteiger partial charge in [0.05, 0.1) is 11.5 Å². The Kier molecular flexibility index (Phi) is 7.10. The highest BCUT2D eigenvalue weighted by molar-refractivity contribution is 6.10. The lowest BCUT2D eigenvalue weighted by atomic mass is 10.0. The molecule has 3 heteroatoms. The van der Waals surface area contributed by atoms with Crippen molar-refractivity contribution in [2.75, 3.05) is 6.61 Å². The monoisotopic (exact) mass is 336 g/mol. The molecule has 3 nitrogen and oxygen atoms in total. The fraction of sp³-hybridized carbons (Fsp3) is 0.318. The van der Waals surface area contributed by atoms with E-state index >= 15 is 0 Å². The summed E-state index contributed by atoms with van der Waals surface area (Å²) in [5.41, 5.74) is 0.818. The van der Waals surface area contributed by atoms with Crippen molar-refractivity contribution in [2.24, 2.45) is 5.92 Å². The maximum absolute atomic E-state index is 12.4. The van der Waals surface area contributed by atoms with Crippen molar-refractivity contribution in [3.8, 4) is 23.3 Å². The molecule has 0 bridgehead atoms. The van der Waals surface area contributed by atoms with E-state index in [9.17, 15) is 9.90 Å². The van der Waals surface area contributed by atoms with Gasteiger partial charge in [-0.1, -0.05) is 56.0 Å². The predicted molar refractivity (Wildman–Crippen MR) is 99.9 cm³/mol. The van der Waals surface area contributed by atoms with Gasteiger partial charge in [-0.3, -0.25) is 4.79 Å². The van der Waals surface area contributed by atoms with Gasteiger partial charge in [-0.2, -0.15) is 0 Å². The quantitative estimate of drug-likeness (QED) is 0.555. The summed E-state index contributed by atoms with van der Waals surface area (Å²) < 4.78 is 5.77. The van der Waals surface area contributed by atoms with Gasteiger partial charge < -0.3 is 9.84 Å². The van der Waals surface area contributed by atoms with E-state index < -0.39 is 0 Å². The summed E-state index contributed by atoms with van der Waals surface area (Å²) in [4.78, 5) is 12.4. The number of benzene rings is 2. The van der Waals surface area contributed by atoms with Gasteiger partial charge in [0.25, 0.3) is 0 Å². The summed E-state index contributed by atoms with van der Waals surface area (Å²) in [6, 6.07) is 13.7. The first-order valence-electron chi connectivity index (χ1n) is 8.63. The Bertz CT molecular complexity index is 754. The molecule has 0 aliphatic rings. The molecular weight excluding hydrogens is 312 g/mol. The summed E-state index contributed by atoms with van der Waals surface area (Å²) >= 11 is 0. The summed E-state index contributed by atoms with van der Waals surface area (Å²) in [6.07, 6.45) is 3.23. The lowest BCUT2D eigenvalue weighted by Crippen LogP contribution is -2.10. The maximum atomic E-state index is 12.4. The molecule has 0 aliphatic carbocycles. The Hall–Kier alpha value is -2.73. The van der Waals surface area contributed by atoms with E-state index in [1.807, 2.05) is 13.0 Å². The van der Waals surface area contributed by atoms with Gasteiger partial charge in [0.2, 0.25) is 0 Å². The summed E-state index contributed by atoms with van der Waals surface area (Å²) in [5.74, 6) is 6.55. The van der Waals surface area contributed by atoms with Crippen LogP contribution in [0.3, 0.4) is 0 Å². The van der Waals surface area contributed by atoms with E-state index in [4.69, 9.17) is 4.74 Å². The fourth-order valence-electron chi connectivity index (χ4n) is 2.59. The number of phenols is 1. The van der Waals surface area contributed by atoms with Crippen LogP contribution in [0.15, 0.2) is 48.5 Å². The standard InChI is InChI=1S/C22H24O3/c1-3-5-10-17(9-4-2)16-25-19-13-14-20(21(23)15-19)22(24)18-11-7-6-8-12-18/h6-8,11-15,17,23H,3,5,10,16H2,1-2H3. The molecule has 0 saturated heterocycles. The molecule has 1 N–H and O–H groups in total. The first-order chi connectivity index (χ1) is 12.2. The van der Waals surface area contributed by atoms with E-state index in [0.29, 0.717) is 17.9 Å². The second-order valence-corrected chi connectivity index (χ2v) is 5.92. The molecule has 1 atom stereocenters. The Morgan fingerprint density at radius 2 is 1.96 bits per heavy atom. The Morgan fingerprint density at radius 3 is 2.60 bits per heavy atom. The van der Waals surface area contributed by atoms with Crippen LogP contribution >= 0.6 is 0 Å². The Balaban J connectivity index is 2.05. The number of aromatic hydroxyl groups is 1. The number of unbranched alkanes of at least 4 members (excludes halogenated alkanes) is 1. The van der Waals surface area contributed by atoms with Crippen molar-refractivity contribution >= 4 is 5.78 Å². The highest BCUT2D eigenvalue weighted by Crippen LogP contribution is 2.26. The van der Waals surface area contributed by atoms with Gasteiger partial charge >= 0.3 is 0 Å². The molecule has 0 fully saturated rings. The zero-order valence-electron chi connectivity index (χ0n) is 14.8. The number of ether oxygens (including phenoxy) is 1. The first kappa shape index (κ1) is 18.6. The van der Waals surface area contributed by atoms with Crippen LogP contribution in [0.5, 0.6) is 11.5 Å². The molecule has 2 aromatic rings. The van der Waals surface area contributed by atoms with E-state index in [0.717, 1.165) is 19.3 Å². The predicted octanol–water partition coefficient (Wildman–Crippen LogP) is 4.83. The Labute approximate surface area is 149 Å². The van der Waals surface area contributed by atoms with Gasteiger partial charge in [-0.15, -0.1) is 5.92 Å². The third kappa shape index (κ3) is 5.39. The van der Waals surface area contributed by atoms with Crippen LogP contribution in [0, 0.1) is 17.8 Å². The second-order valence-electron chi connectivity index (χ2n) is 5.92. The summed E-state index contributed by atoms with van der Waals surface area (Å²) in [6.45, 7) is 4.46. The van der Waals surface area contributed by atoms with Crippen molar-refractivity contribution in [2.45, 2.75) is 33.1 Å². The van der Waals surface area contributed by atoms with E-state index in [1.54, 1.807) is 36.4 Å². The van der Waals surface area contributed by atoms with Crippen LogP contribution < -0.4 is 4.74 Å². The summed E-state index contributed by atoms with van der Waals surface area (Å²) in [5, 5.41) is 10.2. The minimum absolute atomic E-state index is 0.0713. The van der Waals surface area contributed by atoms with Crippen LogP contribution in [0.25, 0.3) is 0 Å². The molecule has 1 unspecified atom stereocenters. The smallest absolute Gasteiger partial charge is 0.196 e. The normalized spacial score (nSPS) is 11.3. The number of hydrogen-bond donors (Lipinski definition) is 1. The van der Waals surface area contributed by atoms with Crippen molar-refractivity contribution in [1.29, 1.82) is 0 Å². The molecule has 0 aliphatic heterocycles. The van der Waals surface area contributed by atoms with Crippen LogP contribution in [-0.4, -0.2) is 17.5 Å². The molecule has 0 amide bonds. The SMILES string of the molecule is CC#CC(CCCC)COc1ccc(C(=O)c2ccccc2)c(O)c1. The molecule has 2 aromatic carbocycles. The molecule has 0 heterocycles. The van der Waals surface area contributed by atoms with E-state index in [2.05, 4.69) is 18.8 Å². The van der Waals surface area contributed by atoms with Gasteiger partial charge in [0, 0.05) is 11.6 Å². The number of phenolic OH excluding ortho intramolecular Hbond substituents is 1. The van der Waals surface area contributed by atoms with E-state index in [1.165, 1.54) is 6.07 Å². The van der Waals surface area contributed by atoms with Gasteiger partial charge in [-0.25, -0.2) is 0 Å².